The van der Waals surface area contributed by atoms with Crippen molar-refractivity contribution in [3.05, 3.63) is 76.2 Å². The third-order valence-electron chi connectivity index (χ3n) is 8.15. The monoisotopic (exact) mass is 624 g/mol. The number of piperidine rings is 1. The predicted molar refractivity (Wildman–Crippen MR) is 159 cm³/mol. The lowest BCUT2D eigenvalue weighted by molar-refractivity contribution is -0.140. The van der Waals surface area contributed by atoms with Crippen molar-refractivity contribution in [1.29, 1.82) is 0 Å². The number of alkyl halides is 3. The van der Waals surface area contributed by atoms with Crippen LogP contribution in [0.1, 0.15) is 40.8 Å². The second-order valence-electron chi connectivity index (χ2n) is 10.7. The maximum atomic E-state index is 13.7. The van der Waals surface area contributed by atoms with E-state index in [9.17, 15) is 22.8 Å². The molecule has 0 spiro atoms. The first kappa shape index (κ1) is 30.3. The van der Waals surface area contributed by atoms with Crippen LogP contribution in [-0.4, -0.2) is 63.8 Å². The molecule has 4 heterocycles. The number of aromatic nitrogens is 4. The van der Waals surface area contributed by atoms with Gasteiger partial charge in [0.15, 0.2) is 11.5 Å². The molecule has 11 nitrogen and oxygen atoms in total. The van der Waals surface area contributed by atoms with E-state index in [1.807, 2.05) is 24.3 Å². The van der Waals surface area contributed by atoms with Gasteiger partial charge in [0.1, 0.15) is 17.0 Å². The number of nitrogens with two attached hydrogens (primary N) is 1. The molecule has 0 unspecified atom stereocenters. The summed E-state index contributed by atoms with van der Waals surface area (Å²) in [5, 5.41) is 0.307. The number of hydrogen-bond acceptors (Lipinski definition) is 8. The van der Waals surface area contributed by atoms with Crippen LogP contribution in [0.2, 0.25) is 0 Å². The molecule has 1 fully saturated rings. The molecule has 0 atom stereocenters. The second kappa shape index (κ2) is 12.0. The van der Waals surface area contributed by atoms with Gasteiger partial charge in [0, 0.05) is 37.2 Å². The van der Waals surface area contributed by atoms with Crippen LogP contribution >= 0.6 is 0 Å². The Morgan fingerprint density at radius 3 is 2.44 bits per heavy atom. The number of ether oxygens (including phenoxy) is 2. The molecule has 0 aliphatic carbocycles. The van der Waals surface area contributed by atoms with Crippen molar-refractivity contribution in [2.45, 2.75) is 38.1 Å². The molecule has 1 aliphatic rings. The Balaban J connectivity index is 1.27. The van der Waals surface area contributed by atoms with E-state index in [2.05, 4.69) is 9.97 Å². The summed E-state index contributed by atoms with van der Waals surface area (Å²) in [4.78, 5) is 37.0. The first-order valence-corrected chi connectivity index (χ1v) is 14.4. The second-order valence-corrected chi connectivity index (χ2v) is 10.7. The summed E-state index contributed by atoms with van der Waals surface area (Å²) in [5.74, 6) is -0.0590. The number of pyridine rings is 1. The Labute approximate surface area is 255 Å². The number of amides is 1. The Morgan fingerprint density at radius 1 is 1.04 bits per heavy atom. The molecule has 1 saturated heterocycles. The third kappa shape index (κ3) is 5.44. The number of rotatable bonds is 8. The van der Waals surface area contributed by atoms with Gasteiger partial charge in [0.05, 0.1) is 37.8 Å². The molecule has 1 aliphatic heterocycles. The number of carbonyl (C=O) groups is 1. The largest absolute Gasteiger partial charge is 0.494 e. The lowest BCUT2D eigenvalue weighted by Gasteiger charge is -2.32. The van der Waals surface area contributed by atoms with Gasteiger partial charge in [-0.05, 0) is 49.2 Å². The van der Waals surface area contributed by atoms with E-state index in [4.69, 9.17) is 19.6 Å². The molecule has 236 valence electrons. The van der Waals surface area contributed by atoms with Crippen molar-refractivity contribution < 1.29 is 31.9 Å². The minimum atomic E-state index is -4.65. The fourth-order valence-corrected chi connectivity index (χ4v) is 5.93. The quantitative estimate of drug-likeness (QED) is 0.265. The van der Waals surface area contributed by atoms with E-state index >= 15 is 0 Å². The number of hydrogen-bond donors (Lipinski definition) is 1. The van der Waals surface area contributed by atoms with Gasteiger partial charge < -0.3 is 24.5 Å². The number of likely N-dealkylation sites (tertiary alicyclic amines) is 1. The number of benzene rings is 2. The van der Waals surface area contributed by atoms with Gasteiger partial charge in [0.2, 0.25) is 5.89 Å². The summed E-state index contributed by atoms with van der Waals surface area (Å²) in [7, 11) is 2.93. The van der Waals surface area contributed by atoms with Crippen molar-refractivity contribution in [2.75, 3.05) is 33.9 Å². The molecule has 14 heteroatoms. The zero-order valence-electron chi connectivity index (χ0n) is 24.6. The lowest BCUT2D eigenvalue weighted by atomic mass is 10.0. The van der Waals surface area contributed by atoms with E-state index in [1.54, 1.807) is 27.2 Å². The van der Waals surface area contributed by atoms with Crippen LogP contribution in [0, 0.1) is 0 Å². The molecule has 0 radical (unpaired) electrons. The molecule has 2 aromatic carbocycles. The number of methoxy groups -OCH3 is 2. The van der Waals surface area contributed by atoms with E-state index in [-0.39, 0.29) is 52.8 Å². The van der Waals surface area contributed by atoms with E-state index in [1.165, 1.54) is 19.2 Å². The summed E-state index contributed by atoms with van der Waals surface area (Å²) in [6.07, 6.45) is -3.56. The molecule has 45 heavy (non-hydrogen) atoms. The maximum Gasteiger partial charge on any atom is 0.433 e. The molecule has 2 N–H and O–H groups in total. The normalized spacial score (nSPS) is 14.5. The minimum Gasteiger partial charge on any atom is -0.494 e. The fraction of sp³-hybridized carbons (Fsp3) is 0.355. The summed E-state index contributed by atoms with van der Waals surface area (Å²) in [6, 6.07) is 12.7. The highest BCUT2D eigenvalue weighted by molar-refractivity contribution is 5.98. The number of carbonyl (C=O) groups excluding carboxylic acids is 1. The van der Waals surface area contributed by atoms with Crippen molar-refractivity contribution in [3.8, 4) is 17.2 Å². The van der Waals surface area contributed by atoms with Gasteiger partial charge in [-0.15, -0.1) is 0 Å². The van der Waals surface area contributed by atoms with Crippen molar-refractivity contribution in [2.24, 2.45) is 5.73 Å². The molecule has 3 aromatic heterocycles. The van der Waals surface area contributed by atoms with Gasteiger partial charge in [-0.3, -0.25) is 13.9 Å². The number of fused-ring (bicyclic) bond motifs is 2. The maximum absolute atomic E-state index is 13.7. The van der Waals surface area contributed by atoms with Crippen LogP contribution < -0.4 is 16.2 Å². The molecular weight excluding hydrogens is 593 g/mol. The highest BCUT2D eigenvalue weighted by Crippen LogP contribution is 2.37. The SMILES string of the molecule is COCCn1c(=O)n(C2CCN(C(=O)c3nc(-c4ccc(OC)c5nc(C(F)(F)F)ccc45)oc3CN)CC2)c2ccccc21. The zero-order chi connectivity index (χ0) is 31.9. The molecule has 6 rings (SSSR count). The van der Waals surface area contributed by atoms with Gasteiger partial charge in [-0.25, -0.2) is 14.8 Å². The number of imidazole rings is 1. The summed E-state index contributed by atoms with van der Waals surface area (Å²) in [6.45, 7) is 1.46. The first-order chi connectivity index (χ1) is 21.7. The first-order valence-electron chi connectivity index (χ1n) is 14.4. The molecular formula is C31H31F3N6O5. The van der Waals surface area contributed by atoms with Gasteiger partial charge >= 0.3 is 11.9 Å². The highest BCUT2D eigenvalue weighted by atomic mass is 19.4. The van der Waals surface area contributed by atoms with E-state index in [0.717, 1.165) is 17.1 Å². The summed E-state index contributed by atoms with van der Waals surface area (Å²) < 4.78 is 60.0. The van der Waals surface area contributed by atoms with E-state index < -0.39 is 11.9 Å². The minimum absolute atomic E-state index is 0.0221. The van der Waals surface area contributed by atoms with Gasteiger partial charge in [0.25, 0.3) is 5.91 Å². The van der Waals surface area contributed by atoms with Crippen LogP contribution in [0.15, 0.2) is 57.7 Å². The number of halogens is 3. The Kier molecular flexibility index (Phi) is 8.10. The van der Waals surface area contributed by atoms with Crippen LogP contribution in [-0.2, 0) is 24.0 Å². The predicted octanol–water partition coefficient (Wildman–Crippen LogP) is 4.62. The van der Waals surface area contributed by atoms with Gasteiger partial charge in [-0.1, -0.05) is 12.1 Å². The highest BCUT2D eigenvalue weighted by Gasteiger charge is 2.34. The fourth-order valence-electron chi connectivity index (χ4n) is 5.93. The molecule has 5 aromatic rings. The van der Waals surface area contributed by atoms with Crippen LogP contribution in [0.5, 0.6) is 5.75 Å². The average molecular weight is 625 g/mol. The van der Waals surface area contributed by atoms with Crippen LogP contribution in [0.4, 0.5) is 13.2 Å². The van der Waals surface area contributed by atoms with Crippen molar-refractivity contribution in [1.82, 2.24) is 24.0 Å². The lowest BCUT2D eigenvalue weighted by Crippen LogP contribution is -2.41. The molecule has 1 amide bonds. The molecule has 0 bridgehead atoms. The summed E-state index contributed by atoms with van der Waals surface area (Å²) in [5.41, 5.74) is 6.75. The van der Waals surface area contributed by atoms with Crippen molar-refractivity contribution in [3.63, 3.8) is 0 Å². The third-order valence-corrected chi connectivity index (χ3v) is 8.15. The zero-order valence-corrected chi connectivity index (χ0v) is 24.6. The average Bonchev–Trinajstić information content (AvgIpc) is 3.60. The Hall–Kier alpha value is -4.69. The summed E-state index contributed by atoms with van der Waals surface area (Å²) >= 11 is 0. The number of para-hydroxylation sites is 2. The van der Waals surface area contributed by atoms with Crippen LogP contribution in [0.25, 0.3) is 33.4 Å². The molecule has 0 saturated carbocycles. The standard InChI is InChI=1S/C31H31F3N6O5/c1-43-16-15-39-21-5-3-4-6-22(21)40(30(39)42)18-11-13-38(14-12-18)29(41)27-24(17-35)45-28(37-27)20-7-9-23(44-2)26-19(20)8-10-25(36-26)31(32,33)34/h3-10,18H,11-17,35H2,1-2H3. The van der Waals surface area contributed by atoms with Gasteiger partial charge in [-0.2, -0.15) is 13.2 Å². The van der Waals surface area contributed by atoms with Crippen LogP contribution in [0.3, 0.4) is 0 Å². The smallest absolute Gasteiger partial charge is 0.433 e. The number of nitrogens with zero attached hydrogens (tertiary/aromatic N) is 5. The number of oxazole rings is 1. The Bertz CT molecular complexity index is 1940. The Morgan fingerprint density at radius 2 is 1.78 bits per heavy atom. The van der Waals surface area contributed by atoms with E-state index in [0.29, 0.717) is 50.0 Å². The topological polar surface area (TPSA) is 131 Å². The van der Waals surface area contributed by atoms with Crippen molar-refractivity contribution >= 4 is 27.8 Å².